The van der Waals surface area contributed by atoms with Crippen LogP contribution >= 0.6 is 0 Å². The number of aromatic nitrogens is 2. The molecule has 0 bridgehead atoms. The topological polar surface area (TPSA) is 51.8 Å². The standard InChI is InChI=1S/C12H13N3/c1-8-5-11(13)12(15-7-8)10-3-4-14-9(2)6-10/h3-7H,13H2,1-2H3. The van der Waals surface area contributed by atoms with Gasteiger partial charge < -0.3 is 5.73 Å². The molecule has 2 aromatic heterocycles. The zero-order valence-electron chi connectivity index (χ0n) is 8.86. The van der Waals surface area contributed by atoms with Crippen LogP contribution < -0.4 is 5.73 Å². The van der Waals surface area contributed by atoms with E-state index in [4.69, 9.17) is 5.73 Å². The molecule has 0 amide bonds. The number of nitrogen functional groups attached to an aromatic ring is 1. The third-order valence-corrected chi connectivity index (χ3v) is 2.22. The Kier molecular flexibility index (Phi) is 2.37. The molecule has 2 N–H and O–H groups in total. The van der Waals surface area contributed by atoms with Crippen LogP contribution in [0.3, 0.4) is 0 Å². The lowest BCUT2D eigenvalue weighted by atomic mass is 10.1. The summed E-state index contributed by atoms with van der Waals surface area (Å²) in [4.78, 5) is 8.48. The van der Waals surface area contributed by atoms with Crippen molar-refractivity contribution in [2.24, 2.45) is 0 Å². The van der Waals surface area contributed by atoms with Gasteiger partial charge in [0.15, 0.2) is 0 Å². The van der Waals surface area contributed by atoms with Crippen molar-refractivity contribution >= 4 is 5.69 Å². The molecule has 3 heteroatoms. The van der Waals surface area contributed by atoms with Gasteiger partial charge >= 0.3 is 0 Å². The van der Waals surface area contributed by atoms with E-state index in [9.17, 15) is 0 Å². The van der Waals surface area contributed by atoms with Gasteiger partial charge in [0.05, 0.1) is 11.4 Å². The molecular weight excluding hydrogens is 186 g/mol. The molecule has 2 rings (SSSR count). The molecule has 0 fully saturated rings. The Labute approximate surface area is 89.0 Å². The van der Waals surface area contributed by atoms with Gasteiger partial charge in [0.1, 0.15) is 0 Å². The molecule has 76 valence electrons. The lowest BCUT2D eigenvalue weighted by Gasteiger charge is -2.05. The molecular formula is C12H13N3. The van der Waals surface area contributed by atoms with Gasteiger partial charge in [-0.25, -0.2) is 0 Å². The fourth-order valence-electron chi connectivity index (χ4n) is 1.53. The Morgan fingerprint density at radius 2 is 1.93 bits per heavy atom. The van der Waals surface area contributed by atoms with Gasteiger partial charge in [-0.15, -0.1) is 0 Å². The number of anilines is 1. The smallest absolute Gasteiger partial charge is 0.0932 e. The molecule has 0 aliphatic carbocycles. The first-order valence-electron chi connectivity index (χ1n) is 4.82. The van der Waals surface area contributed by atoms with E-state index in [1.165, 1.54) is 0 Å². The summed E-state index contributed by atoms with van der Waals surface area (Å²) in [5.74, 6) is 0. The molecule has 0 radical (unpaired) electrons. The molecule has 0 unspecified atom stereocenters. The number of nitrogens with zero attached hydrogens (tertiary/aromatic N) is 2. The van der Waals surface area contributed by atoms with Gasteiger partial charge in [0, 0.05) is 23.7 Å². The minimum Gasteiger partial charge on any atom is -0.397 e. The van der Waals surface area contributed by atoms with Crippen LogP contribution in [0.25, 0.3) is 11.3 Å². The minimum absolute atomic E-state index is 0.709. The summed E-state index contributed by atoms with van der Waals surface area (Å²) in [6.45, 7) is 3.93. The van der Waals surface area contributed by atoms with E-state index < -0.39 is 0 Å². The molecule has 0 aliphatic rings. The summed E-state index contributed by atoms with van der Waals surface area (Å²) in [5, 5.41) is 0. The molecule has 0 saturated carbocycles. The molecule has 0 saturated heterocycles. The Bertz CT molecular complexity index is 492. The van der Waals surface area contributed by atoms with Crippen LogP contribution in [0.15, 0.2) is 30.6 Å². The van der Waals surface area contributed by atoms with E-state index in [1.54, 1.807) is 6.20 Å². The first-order chi connectivity index (χ1) is 7.16. The van der Waals surface area contributed by atoms with E-state index >= 15 is 0 Å². The third-order valence-electron chi connectivity index (χ3n) is 2.22. The predicted molar refractivity (Wildman–Crippen MR) is 61.4 cm³/mol. The van der Waals surface area contributed by atoms with Crippen LogP contribution in [0, 0.1) is 13.8 Å². The SMILES string of the molecule is Cc1cnc(-c2ccnc(C)c2)c(N)c1. The van der Waals surface area contributed by atoms with Crippen LogP contribution in [0.2, 0.25) is 0 Å². The van der Waals surface area contributed by atoms with Gasteiger partial charge in [-0.2, -0.15) is 0 Å². The van der Waals surface area contributed by atoms with E-state index in [-0.39, 0.29) is 0 Å². The molecule has 3 nitrogen and oxygen atoms in total. The van der Waals surface area contributed by atoms with Crippen molar-refractivity contribution < 1.29 is 0 Å². The van der Waals surface area contributed by atoms with Crippen molar-refractivity contribution in [1.29, 1.82) is 0 Å². The monoisotopic (exact) mass is 199 g/mol. The molecule has 0 aromatic carbocycles. The highest BCUT2D eigenvalue weighted by Gasteiger charge is 2.04. The average molecular weight is 199 g/mol. The zero-order valence-corrected chi connectivity index (χ0v) is 8.86. The minimum atomic E-state index is 0.709. The van der Waals surface area contributed by atoms with Crippen LogP contribution in [-0.4, -0.2) is 9.97 Å². The van der Waals surface area contributed by atoms with Crippen molar-refractivity contribution in [1.82, 2.24) is 9.97 Å². The Morgan fingerprint density at radius 1 is 1.13 bits per heavy atom. The second-order valence-electron chi connectivity index (χ2n) is 3.64. The summed E-state index contributed by atoms with van der Waals surface area (Å²) >= 11 is 0. The van der Waals surface area contributed by atoms with Crippen LogP contribution in [0.1, 0.15) is 11.3 Å². The molecule has 0 aliphatic heterocycles. The van der Waals surface area contributed by atoms with Crippen LogP contribution in [0.4, 0.5) is 5.69 Å². The highest BCUT2D eigenvalue weighted by atomic mass is 14.7. The van der Waals surface area contributed by atoms with Crippen molar-refractivity contribution in [3.05, 3.63) is 41.9 Å². The average Bonchev–Trinajstić information content (AvgIpc) is 2.17. The molecule has 2 aromatic rings. The van der Waals surface area contributed by atoms with Crippen LogP contribution in [0.5, 0.6) is 0 Å². The second kappa shape index (κ2) is 3.69. The summed E-state index contributed by atoms with van der Waals surface area (Å²) in [6, 6.07) is 5.83. The fourth-order valence-corrected chi connectivity index (χ4v) is 1.53. The lowest BCUT2D eigenvalue weighted by Crippen LogP contribution is -1.95. The largest absolute Gasteiger partial charge is 0.397 e. The van der Waals surface area contributed by atoms with Crippen molar-refractivity contribution in [2.45, 2.75) is 13.8 Å². The number of aryl methyl sites for hydroxylation is 2. The predicted octanol–water partition coefficient (Wildman–Crippen LogP) is 2.34. The molecule has 0 atom stereocenters. The maximum Gasteiger partial charge on any atom is 0.0932 e. The molecule has 2 heterocycles. The normalized spacial score (nSPS) is 10.3. The summed E-state index contributed by atoms with van der Waals surface area (Å²) in [5.41, 5.74) is 10.5. The number of hydrogen-bond acceptors (Lipinski definition) is 3. The highest BCUT2D eigenvalue weighted by molar-refractivity contribution is 5.72. The number of nitrogens with two attached hydrogens (primary N) is 1. The van der Waals surface area contributed by atoms with Gasteiger partial charge in [-0.05, 0) is 37.6 Å². The quantitative estimate of drug-likeness (QED) is 0.767. The zero-order chi connectivity index (χ0) is 10.8. The third kappa shape index (κ3) is 1.96. The Morgan fingerprint density at radius 3 is 2.60 bits per heavy atom. The maximum atomic E-state index is 5.92. The van der Waals surface area contributed by atoms with Gasteiger partial charge in [-0.3, -0.25) is 9.97 Å². The van der Waals surface area contributed by atoms with Gasteiger partial charge in [-0.1, -0.05) is 0 Å². The lowest BCUT2D eigenvalue weighted by molar-refractivity contribution is 1.19. The van der Waals surface area contributed by atoms with Crippen LogP contribution in [-0.2, 0) is 0 Å². The molecule has 0 spiro atoms. The van der Waals surface area contributed by atoms with E-state index in [0.717, 1.165) is 22.5 Å². The maximum absolute atomic E-state index is 5.92. The van der Waals surface area contributed by atoms with Gasteiger partial charge in [0.25, 0.3) is 0 Å². The van der Waals surface area contributed by atoms with E-state index in [0.29, 0.717) is 5.69 Å². The Hall–Kier alpha value is -1.90. The molecule has 15 heavy (non-hydrogen) atoms. The fraction of sp³-hybridized carbons (Fsp3) is 0.167. The first kappa shape index (κ1) is 9.65. The summed E-state index contributed by atoms with van der Waals surface area (Å²) in [7, 11) is 0. The number of pyridine rings is 2. The van der Waals surface area contributed by atoms with E-state index in [1.807, 2.05) is 38.2 Å². The highest BCUT2D eigenvalue weighted by Crippen LogP contribution is 2.23. The number of rotatable bonds is 1. The van der Waals surface area contributed by atoms with E-state index in [2.05, 4.69) is 9.97 Å². The Balaban J connectivity index is 2.54. The second-order valence-corrected chi connectivity index (χ2v) is 3.64. The van der Waals surface area contributed by atoms with Crippen molar-refractivity contribution in [2.75, 3.05) is 5.73 Å². The summed E-state index contributed by atoms with van der Waals surface area (Å²) in [6.07, 6.45) is 3.59. The van der Waals surface area contributed by atoms with Crippen molar-refractivity contribution in [3.63, 3.8) is 0 Å². The van der Waals surface area contributed by atoms with Crippen molar-refractivity contribution in [3.8, 4) is 11.3 Å². The van der Waals surface area contributed by atoms with Gasteiger partial charge in [0.2, 0.25) is 0 Å². The summed E-state index contributed by atoms with van der Waals surface area (Å²) < 4.78 is 0. The first-order valence-corrected chi connectivity index (χ1v) is 4.82. The number of hydrogen-bond donors (Lipinski definition) is 1.